The van der Waals surface area contributed by atoms with E-state index in [0.717, 1.165) is 5.56 Å². The van der Waals surface area contributed by atoms with Crippen LogP contribution in [0.15, 0.2) is 24.5 Å². The van der Waals surface area contributed by atoms with Crippen molar-refractivity contribution in [3.8, 4) is 0 Å². The number of nitrogens with zero attached hydrogens (tertiary/aromatic N) is 1. The zero-order valence-corrected chi connectivity index (χ0v) is 8.88. The highest BCUT2D eigenvalue weighted by atomic mass is 31.2. The van der Waals surface area contributed by atoms with Gasteiger partial charge in [0.15, 0.2) is 0 Å². The molecule has 6 nitrogen and oxygen atoms in total. The average Bonchev–Trinajstić information content (AvgIpc) is 2.15. The van der Waals surface area contributed by atoms with Crippen molar-refractivity contribution in [2.45, 2.75) is 12.5 Å². The molecule has 7 heteroatoms. The first-order valence-corrected chi connectivity index (χ1v) is 5.85. The number of nitrogens with two attached hydrogens (primary N) is 1. The van der Waals surface area contributed by atoms with Gasteiger partial charge in [-0.15, -0.1) is 0 Å². The summed E-state index contributed by atoms with van der Waals surface area (Å²) in [6.07, 6.45) is 3.76. The molecule has 0 bridgehead atoms. The Balaban J connectivity index is 2.37. The van der Waals surface area contributed by atoms with Gasteiger partial charge in [-0.2, -0.15) is 0 Å². The van der Waals surface area contributed by atoms with Gasteiger partial charge in [0, 0.05) is 18.4 Å². The summed E-state index contributed by atoms with van der Waals surface area (Å²) in [4.78, 5) is 20.8. The molecule has 0 saturated heterocycles. The van der Waals surface area contributed by atoms with Crippen molar-refractivity contribution in [1.82, 2.24) is 4.98 Å². The molecule has 0 radical (unpaired) electrons. The molecular weight excluding hydrogens is 219 g/mol. The van der Waals surface area contributed by atoms with Gasteiger partial charge in [0.1, 0.15) is 0 Å². The minimum absolute atomic E-state index is 0.181. The van der Waals surface area contributed by atoms with Crippen LogP contribution >= 0.6 is 7.82 Å². The highest BCUT2D eigenvalue weighted by Crippen LogP contribution is 2.35. The molecule has 0 unspecified atom stereocenters. The van der Waals surface area contributed by atoms with Crippen molar-refractivity contribution in [2.24, 2.45) is 5.73 Å². The lowest BCUT2D eigenvalue weighted by Crippen LogP contribution is -2.28. The van der Waals surface area contributed by atoms with Gasteiger partial charge >= 0.3 is 7.82 Å². The van der Waals surface area contributed by atoms with Gasteiger partial charge in [-0.25, -0.2) is 4.57 Å². The SMILES string of the molecule is N[C@@H](COP(=O)(O)O)Cc1cccnc1. The summed E-state index contributed by atoms with van der Waals surface area (Å²) in [6.45, 7) is -0.181. The number of pyridine rings is 1. The quantitative estimate of drug-likeness (QED) is 0.620. The van der Waals surface area contributed by atoms with E-state index in [-0.39, 0.29) is 6.61 Å². The van der Waals surface area contributed by atoms with Crippen LogP contribution in [0.3, 0.4) is 0 Å². The Bertz CT molecular complexity index is 340. The second-order valence-corrected chi connectivity index (χ2v) is 4.35. The second-order valence-electron chi connectivity index (χ2n) is 3.11. The summed E-state index contributed by atoms with van der Waals surface area (Å²) in [6, 6.07) is 3.15. The summed E-state index contributed by atoms with van der Waals surface area (Å²) in [5.41, 5.74) is 6.52. The lowest BCUT2D eigenvalue weighted by Gasteiger charge is -2.12. The molecule has 0 amide bonds. The van der Waals surface area contributed by atoms with Gasteiger partial charge in [0.05, 0.1) is 6.61 Å². The van der Waals surface area contributed by atoms with E-state index in [1.54, 1.807) is 18.5 Å². The first kappa shape index (κ1) is 12.3. The second kappa shape index (κ2) is 5.34. The molecule has 0 saturated carbocycles. The Kier molecular flexibility index (Phi) is 4.38. The zero-order chi connectivity index (χ0) is 11.3. The van der Waals surface area contributed by atoms with Gasteiger partial charge in [-0.3, -0.25) is 9.51 Å². The smallest absolute Gasteiger partial charge is 0.325 e. The Morgan fingerprint density at radius 3 is 2.87 bits per heavy atom. The van der Waals surface area contributed by atoms with Crippen molar-refractivity contribution < 1.29 is 18.9 Å². The topological polar surface area (TPSA) is 106 Å². The number of aromatic nitrogens is 1. The van der Waals surface area contributed by atoms with Crippen LogP contribution in [0.4, 0.5) is 0 Å². The summed E-state index contributed by atoms with van der Waals surface area (Å²) in [5.74, 6) is 0. The van der Waals surface area contributed by atoms with Crippen LogP contribution in [0.2, 0.25) is 0 Å². The monoisotopic (exact) mass is 232 g/mol. The minimum Gasteiger partial charge on any atom is -0.325 e. The molecule has 0 spiro atoms. The van der Waals surface area contributed by atoms with Crippen molar-refractivity contribution in [3.05, 3.63) is 30.1 Å². The third-order valence-electron chi connectivity index (χ3n) is 1.68. The molecule has 1 aromatic heterocycles. The van der Waals surface area contributed by atoms with E-state index in [4.69, 9.17) is 15.5 Å². The van der Waals surface area contributed by atoms with Crippen molar-refractivity contribution >= 4 is 7.82 Å². The molecule has 0 fully saturated rings. The molecule has 1 atom stereocenters. The van der Waals surface area contributed by atoms with Crippen LogP contribution in [-0.2, 0) is 15.5 Å². The van der Waals surface area contributed by atoms with Crippen molar-refractivity contribution in [2.75, 3.05) is 6.61 Å². The molecule has 0 aliphatic rings. The summed E-state index contributed by atoms with van der Waals surface area (Å²) in [5, 5.41) is 0. The standard InChI is InChI=1S/C8H13N2O4P/c9-8(6-14-15(11,12)13)4-7-2-1-3-10-5-7/h1-3,5,8H,4,6,9H2,(H2,11,12,13)/t8-/m1/s1. The van der Waals surface area contributed by atoms with Gasteiger partial charge < -0.3 is 15.5 Å². The van der Waals surface area contributed by atoms with Crippen LogP contribution in [0.25, 0.3) is 0 Å². The number of rotatable bonds is 5. The Morgan fingerprint density at radius 1 is 1.60 bits per heavy atom. The van der Waals surface area contributed by atoms with Crippen molar-refractivity contribution in [1.29, 1.82) is 0 Å². The first-order chi connectivity index (χ1) is 6.97. The van der Waals surface area contributed by atoms with Gasteiger partial charge in [-0.1, -0.05) is 6.07 Å². The van der Waals surface area contributed by atoms with E-state index in [1.807, 2.05) is 6.07 Å². The third kappa shape index (κ3) is 5.61. The van der Waals surface area contributed by atoms with Crippen LogP contribution in [0.1, 0.15) is 5.56 Å². The van der Waals surface area contributed by atoms with E-state index in [0.29, 0.717) is 6.42 Å². The average molecular weight is 232 g/mol. The molecule has 1 rings (SSSR count). The largest absolute Gasteiger partial charge is 0.469 e. The predicted octanol–water partition coefficient (Wildman–Crippen LogP) is 0.0607. The highest BCUT2D eigenvalue weighted by molar-refractivity contribution is 7.46. The maximum atomic E-state index is 10.4. The molecule has 0 aliphatic carbocycles. The van der Waals surface area contributed by atoms with E-state index < -0.39 is 13.9 Å². The van der Waals surface area contributed by atoms with Gasteiger partial charge in [0.2, 0.25) is 0 Å². The van der Waals surface area contributed by atoms with E-state index in [1.165, 1.54) is 0 Å². The summed E-state index contributed by atoms with van der Waals surface area (Å²) >= 11 is 0. The molecule has 0 aliphatic heterocycles. The fourth-order valence-electron chi connectivity index (χ4n) is 1.07. The normalized spacial score (nSPS) is 13.8. The van der Waals surface area contributed by atoms with E-state index >= 15 is 0 Å². The molecule has 0 aromatic carbocycles. The van der Waals surface area contributed by atoms with E-state index in [9.17, 15) is 4.57 Å². The third-order valence-corrected chi connectivity index (χ3v) is 2.16. The lowest BCUT2D eigenvalue weighted by molar-refractivity contribution is 0.185. The first-order valence-electron chi connectivity index (χ1n) is 4.32. The van der Waals surface area contributed by atoms with Crippen molar-refractivity contribution in [3.63, 3.8) is 0 Å². The number of hydrogen-bond acceptors (Lipinski definition) is 4. The number of phosphoric acid groups is 1. The molecule has 4 N–H and O–H groups in total. The fourth-order valence-corrected chi connectivity index (χ4v) is 1.46. The number of hydrogen-bond donors (Lipinski definition) is 3. The van der Waals surface area contributed by atoms with Crippen LogP contribution in [-0.4, -0.2) is 27.4 Å². The zero-order valence-electron chi connectivity index (χ0n) is 7.98. The summed E-state index contributed by atoms with van der Waals surface area (Å²) < 4.78 is 14.7. The molecule has 1 heterocycles. The minimum atomic E-state index is -4.42. The molecule has 1 aromatic rings. The number of phosphoric ester groups is 1. The molecule has 15 heavy (non-hydrogen) atoms. The highest BCUT2D eigenvalue weighted by Gasteiger charge is 2.16. The molecular formula is C8H13N2O4P. The maximum Gasteiger partial charge on any atom is 0.469 e. The lowest BCUT2D eigenvalue weighted by atomic mass is 10.1. The Hall–Kier alpha value is -0.780. The fraction of sp³-hybridized carbons (Fsp3) is 0.375. The maximum absolute atomic E-state index is 10.4. The predicted molar refractivity (Wildman–Crippen MR) is 53.9 cm³/mol. The van der Waals surface area contributed by atoms with E-state index in [2.05, 4.69) is 9.51 Å². The van der Waals surface area contributed by atoms with Crippen LogP contribution in [0, 0.1) is 0 Å². The van der Waals surface area contributed by atoms with Gasteiger partial charge in [0.25, 0.3) is 0 Å². The van der Waals surface area contributed by atoms with Crippen LogP contribution < -0.4 is 5.73 Å². The molecule has 84 valence electrons. The van der Waals surface area contributed by atoms with Crippen LogP contribution in [0.5, 0.6) is 0 Å². The van der Waals surface area contributed by atoms with Gasteiger partial charge in [-0.05, 0) is 18.1 Å². The Morgan fingerprint density at radius 2 is 2.33 bits per heavy atom. The summed E-state index contributed by atoms with van der Waals surface area (Å²) in [7, 11) is -4.42. The Labute approximate surface area is 87.3 Å².